The Bertz CT molecular complexity index is 688. The number of rotatable bonds is 5. The number of amides is 1. The fraction of sp³-hybridized carbons (Fsp3) is 0.208. The number of thiol groups is 1. The highest BCUT2D eigenvalue weighted by Gasteiger charge is 2.27. The van der Waals surface area contributed by atoms with Gasteiger partial charge in [-0.2, -0.15) is 12.6 Å². The lowest BCUT2D eigenvalue weighted by Crippen LogP contribution is -2.11. The number of ether oxygens (including phenoxy) is 1. The van der Waals surface area contributed by atoms with Crippen molar-refractivity contribution in [2.75, 3.05) is 12.4 Å². The van der Waals surface area contributed by atoms with Crippen LogP contribution >= 0.6 is 12.6 Å². The predicted molar refractivity (Wildman–Crippen MR) is 127 cm³/mol. The molecular formula is C24H30NO2S2+. The lowest BCUT2D eigenvalue weighted by Gasteiger charge is -2.07. The Balaban J connectivity index is 0.000000353. The Morgan fingerprint density at radius 2 is 1.10 bits per heavy atom. The largest absolute Gasteiger partial charge is 0.450 e. The van der Waals surface area contributed by atoms with Gasteiger partial charge in [-0.1, -0.05) is 61.5 Å². The molecule has 0 unspecified atom stereocenters. The topological polar surface area (TPSA) is 52.3 Å². The molecule has 3 nitrogen and oxygen atoms in total. The molecule has 1 amide bonds. The molecule has 0 heterocycles. The molecule has 2 N–H and O–H groups in total. The molecule has 0 fully saturated rings. The Kier molecular flexibility index (Phi) is 13.2. The van der Waals surface area contributed by atoms with E-state index >= 15 is 0 Å². The van der Waals surface area contributed by atoms with Crippen LogP contribution in [0.25, 0.3) is 0 Å². The van der Waals surface area contributed by atoms with E-state index < -0.39 is 6.09 Å². The molecule has 0 saturated carbocycles. The Morgan fingerprint density at radius 1 is 0.793 bits per heavy atom. The number of hydrogen-bond donors (Lipinski definition) is 2. The van der Waals surface area contributed by atoms with Crippen molar-refractivity contribution in [2.24, 2.45) is 5.73 Å². The van der Waals surface area contributed by atoms with E-state index in [0.717, 1.165) is 5.75 Å². The minimum Gasteiger partial charge on any atom is -0.450 e. The van der Waals surface area contributed by atoms with E-state index in [4.69, 9.17) is 0 Å². The molecule has 0 radical (unpaired) electrons. The molecule has 0 spiro atoms. The van der Waals surface area contributed by atoms with E-state index in [9.17, 15) is 4.79 Å². The third-order valence-electron chi connectivity index (χ3n) is 3.45. The van der Waals surface area contributed by atoms with Crippen LogP contribution in [-0.2, 0) is 15.6 Å². The van der Waals surface area contributed by atoms with Crippen LogP contribution < -0.4 is 5.73 Å². The summed E-state index contributed by atoms with van der Waals surface area (Å²) in [6, 6.07) is 32.2. The van der Waals surface area contributed by atoms with Crippen molar-refractivity contribution in [2.45, 2.75) is 35.0 Å². The van der Waals surface area contributed by atoms with Crippen molar-refractivity contribution >= 4 is 29.6 Å². The molecule has 3 aromatic rings. The van der Waals surface area contributed by atoms with E-state index in [2.05, 4.69) is 121 Å². The van der Waals surface area contributed by atoms with Gasteiger partial charge in [-0.3, -0.25) is 0 Å². The smallest absolute Gasteiger partial charge is 0.404 e. The number of benzene rings is 3. The van der Waals surface area contributed by atoms with Crippen molar-refractivity contribution < 1.29 is 9.53 Å². The molecule has 3 rings (SSSR count). The SMILES string of the molecule is CCCS.CCOC(N)=O.c1ccc([S+](c2ccccc2)c2ccccc2)cc1. The van der Waals surface area contributed by atoms with Crippen LogP contribution in [0.3, 0.4) is 0 Å². The third kappa shape index (κ3) is 10.1. The summed E-state index contributed by atoms with van der Waals surface area (Å²) in [5.41, 5.74) is 4.54. The molecule has 0 aliphatic rings. The number of nitrogens with two attached hydrogens (primary N) is 1. The summed E-state index contributed by atoms with van der Waals surface area (Å²) in [5, 5.41) is 0. The number of primary amides is 1. The van der Waals surface area contributed by atoms with Crippen molar-refractivity contribution in [1.82, 2.24) is 0 Å². The molecular weight excluding hydrogens is 398 g/mol. The van der Waals surface area contributed by atoms with Crippen LogP contribution in [-0.4, -0.2) is 18.5 Å². The number of carbonyl (C=O) groups excluding carboxylic acids is 1. The highest BCUT2D eigenvalue weighted by atomic mass is 32.2. The van der Waals surface area contributed by atoms with E-state index in [1.807, 2.05) is 0 Å². The minimum atomic E-state index is -0.711. The van der Waals surface area contributed by atoms with Gasteiger partial charge in [-0.25, -0.2) is 4.79 Å². The first-order valence-corrected chi connectivity index (χ1v) is 11.4. The quantitative estimate of drug-likeness (QED) is 0.375. The Labute approximate surface area is 183 Å². The van der Waals surface area contributed by atoms with Gasteiger partial charge in [-0.05, 0) is 55.5 Å². The van der Waals surface area contributed by atoms with E-state index in [-0.39, 0.29) is 10.9 Å². The Morgan fingerprint density at radius 3 is 1.28 bits per heavy atom. The standard InChI is InChI=1S/C18H15S.C3H7NO2.C3H8S/c1-4-10-16(11-5-1)19(17-12-6-2-7-13-17)18-14-8-3-9-15-18;1-2-6-3(4)5;1-2-3-4/h1-15H;2H2,1H3,(H2,4,5);4H,2-3H2,1H3/q+1;;. The van der Waals surface area contributed by atoms with Crippen molar-refractivity contribution in [3.05, 3.63) is 91.0 Å². The summed E-state index contributed by atoms with van der Waals surface area (Å²) in [7, 11) is -0.0146. The molecule has 154 valence electrons. The fourth-order valence-corrected chi connectivity index (χ4v) is 4.32. The van der Waals surface area contributed by atoms with Gasteiger partial charge in [-0.15, -0.1) is 0 Å². The maximum Gasteiger partial charge on any atom is 0.404 e. The van der Waals surface area contributed by atoms with E-state index in [0.29, 0.717) is 6.61 Å². The van der Waals surface area contributed by atoms with Gasteiger partial charge in [0.1, 0.15) is 0 Å². The summed E-state index contributed by atoms with van der Waals surface area (Å²) in [5.74, 6) is 1.01. The molecule has 0 aliphatic carbocycles. The van der Waals surface area contributed by atoms with Crippen LogP contribution in [0.15, 0.2) is 106 Å². The van der Waals surface area contributed by atoms with Gasteiger partial charge >= 0.3 is 6.09 Å². The predicted octanol–water partition coefficient (Wildman–Crippen LogP) is 6.21. The molecule has 0 saturated heterocycles. The van der Waals surface area contributed by atoms with Gasteiger partial charge < -0.3 is 10.5 Å². The first-order chi connectivity index (χ1) is 14.1. The van der Waals surface area contributed by atoms with Crippen LogP contribution in [0.5, 0.6) is 0 Å². The van der Waals surface area contributed by atoms with Crippen LogP contribution in [0.1, 0.15) is 20.3 Å². The maximum absolute atomic E-state index is 9.60. The maximum atomic E-state index is 9.60. The Hall–Kier alpha value is -2.37. The zero-order valence-corrected chi connectivity index (χ0v) is 18.7. The normalized spacial score (nSPS) is 9.52. The summed E-state index contributed by atoms with van der Waals surface area (Å²) in [6.07, 6.45) is 0.473. The number of hydrogen-bond acceptors (Lipinski definition) is 3. The van der Waals surface area contributed by atoms with Gasteiger partial charge in [0, 0.05) is 0 Å². The zero-order valence-electron chi connectivity index (χ0n) is 17.0. The van der Waals surface area contributed by atoms with Crippen LogP contribution in [0.4, 0.5) is 4.79 Å². The highest BCUT2D eigenvalue weighted by Crippen LogP contribution is 2.30. The first kappa shape index (κ1) is 24.7. The van der Waals surface area contributed by atoms with Crippen LogP contribution in [0.2, 0.25) is 0 Å². The van der Waals surface area contributed by atoms with Crippen molar-refractivity contribution in [3.8, 4) is 0 Å². The molecule has 0 aliphatic heterocycles. The molecule has 3 aromatic carbocycles. The molecule has 29 heavy (non-hydrogen) atoms. The summed E-state index contributed by atoms with van der Waals surface area (Å²) >= 11 is 3.92. The number of carbonyl (C=O) groups is 1. The second-order valence-electron chi connectivity index (χ2n) is 5.72. The highest BCUT2D eigenvalue weighted by molar-refractivity contribution is 7.97. The van der Waals surface area contributed by atoms with Gasteiger partial charge in [0.25, 0.3) is 0 Å². The zero-order chi connectivity index (χ0) is 21.3. The van der Waals surface area contributed by atoms with Crippen molar-refractivity contribution in [3.63, 3.8) is 0 Å². The second kappa shape index (κ2) is 15.5. The van der Waals surface area contributed by atoms with E-state index in [1.165, 1.54) is 21.1 Å². The molecule has 0 atom stereocenters. The monoisotopic (exact) mass is 428 g/mol. The third-order valence-corrected chi connectivity index (χ3v) is 6.12. The second-order valence-corrected chi connectivity index (χ2v) is 8.19. The minimum absolute atomic E-state index is 0.0146. The van der Waals surface area contributed by atoms with Gasteiger partial charge in [0.2, 0.25) is 0 Å². The molecule has 0 aromatic heterocycles. The average molecular weight is 429 g/mol. The molecule has 0 bridgehead atoms. The van der Waals surface area contributed by atoms with Gasteiger partial charge in [0.15, 0.2) is 14.7 Å². The lowest BCUT2D eigenvalue weighted by molar-refractivity contribution is 0.163. The van der Waals surface area contributed by atoms with Crippen LogP contribution in [0, 0.1) is 0 Å². The van der Waals surface area contributed by atoms with E-state index in [1.54, 1.807) is 6.92 Å². The van der Waals surface area contributed by atoms with Gasteiger partial charge in [0.05, 0.1) is 17.5 Å². The fourth-order valence-electron chi connectivity index (χ4n) is 2.22. The summed E-state index contributed by atoms with van der Waals surface area (Å²) in [4.78, 5) is 13.7. The summed E-state index contributed by atoms with van der Waals surface area (Å²) < 4.78 is 4.18. The average Bonchev–Trinajstić information content (AvgIpc) is 2.77. The molecule has 5 heteroatoms. The van der Waals surface area contributed by atoms with Crippen molar-refractivity contribution in [1.29, 1.82) is 0 Å². The lowest BCUT2D eigenvalue weighted by atomic mass is 10.4. The first-order valence-electron chi connectivity index (χ1n) is 9.56. The summed E-state index contributed by atoms with van der Waals surface area (Å²) in [6.45, 7) is 4.16.